The third-order valence-corrected chi connectivity index (χ3v) is 8.13. The van der Waals surface area contributed by atoms with Gasteiger partial charge in [-0.1, -0.05) is 0 Å². The van der Waals surface area contributed by atoms with Crippen molar-refractivity contribution in [2.45, 2.75) is 63.1 Å². The predicted molar refractivity (Wildman–Crippen MR) is 141 cm³/mol. The molecule has 13 heteroatoms. The van der Waals surface area contributed by atoms with Crippen molar-refractivity contribution in [1.82, 2.24) is 24.4 Å². The van der Waals surface area contributed by atoms with Crippen molar-refractivity contribution in [1.29, 1.82) is 0 Å². The summed E-state index contributed by atoms with van der Waals surface area (Å²) >= 11 is 0. The minimum Gasteiger partial charge on any atom is -0.393 e. The van der Waals surface area contributed by atoms with Gasteiger partial charge >= 0.3 is 0 Å². The second-order valence-electron chi connectivity index (χ2n) is 10.8. The van der Waals surface area contributed by atoms with Gasteiger partial charge in [0.2, 0.25) is 17.8 Å². The molecule has 6 rings (SSSR count). The lowest BCUT2D eigenvalue weighted by Gasteiger charge is -2.35. The highest BCUT2D eigenvalue weighted by Crippen LogP contribution is 2.33. The number of ether oxygens (including phenoxy) is 1. The Hall–Kier alpha value is -3.45. The standard InChI is InChI=1S/C27H32F3N7O3/c28-16-11-20(29)23(21(30)12-16)34-27-33-22-13-31-26(35-24(22)37(27)18-7-10-40-14-18)32-17-3-1-15(2-4-17)25(39)36-8-5-19(38)6-9-36/h11-13,15,17-19,38H,1-10,14H2,(H,33,34)(H,31,32,35)/t15?,17?,18-/m1/s1. The zero-order chi connectivity index (χ0) is 27.8. The van der Waals surface area contributed by atoms with Gasteiger partial charge in [0.1, 0.15) is 17.0 Å². The molecule has 4 heterocycles. The van der Waals surface area contributed by atoms with E-state index in [1.165, 1.54) is 0 Å². The molecule has 0 unspecified atom stereocenters. The molecule has 2 saturated heterocycles. The van der Waals surface area contributed by atoms with Gasteiger partial charge in [0.05, 0.1) is 24.9 Å². The van der Waals surface area contributed by atoms with Crippen molar-refractivity contribution in [3.63, 3.8) is 0 Å². The third kappa shape index (κ3) is 5.44. The van der Waals surface area contributed by atoms with Gasteiger partial charge in [-0.15, -0.1) is 0 Å². The van der Waals surface area contributed by atoms with E-state index in [1.807, 2.05) is 4.90 Å². The van der Waals surface area contributed by atoms with Crippen molar-refractivity contribution in [2.75, 3.05) is 36.9 Å². The van der Waals surface area contributed by atoms with Crippen LogP contribution in [0.25, 0.3) is 11.2 Å². The van der Waals surface area contributed by atoms with Gasteiger partial charge in [-0.3, -0.25) is 9.36 Å². The van der Waals surface area contributed by atoms with Gasteiger partial charge in [-0.05, 0) is 44.9 Å². The van der Waals surface area contributed by atoms with Crippen LogP contribution in [0.4, 0.5) is 30.8 Å². The molecule has 0 bridgehead atoms. The van der Waals surface area contributed by atoms with E-state index in [-0.39, 0.29) is 36.0 Å². The Morgan fingerprint density at radius 3 is 2.40 bits per heavy atom. The smallest absolute Gasteiger partial charge is 0.225 e. The van der Waals surface area contributed by atoms with Crippen LogP contribution in [0, 0.1) is 23.4 Å². The molecular weight excluding hydrogens is 527 g/mol. The van der Waals surface area contributed by atoms with E-state index < -0.39 is 23.1 Å². The van der Waals surface area contributed by atoms with Crippen LogP contribution in [0.5, 0.6) is 0 Å². The topological polar surface area (TPSA) is 117 Å². The molecule has 1 amide bonds. The van der Waals surface area contributed by atoms with E-state index in [2.05, 4.69) is 20.6 Å². The van der Waals surface area contributed by atoms with Gasteiger partial charge in [0, 0.05) is 43.8 Å². The molecule has 3 aliphatic rings. The number of hydrogen-bond donors (Lipinski definition) is 3. The van der Waals surface area contributed by atoms with E-state index in [4.69, 9.17) is 9.72 Å². The number of hydrogen-bond acceptors (Lipinski definition) is 8. The number of likely N-dealkylation sites (tertiary alicyclic amines) is 1. The molecule has 214 valence electrons. The number of carbonyl (C=O) groups excluding carboxylic acids is 1. The summed E-state index contributed by atoms with van der Waals surface area (Å²) in [7, 11) is 0. The molecular formula is C27H32F3N7O3. The second kappa shape index (κ2) is 11.2. The Morgan fingerprint density at radius 2 is 1.73 bits per heavy atom. The summed E-state index contributed by atoms with van der Waals surface area (Å²) in [5.74, 6) is -2.42. The lowest BCUT2D eigenvalue weighted by atomic mass is 9.85. The normalized spacial score (nSPS) is 24.0. The van der Waals surface area contributed by atoms with Gasteiger partial charge < -0.3 is 25.4 Å². The molecule has 0 spiro atoms. The SMILES string of the molecule is O=C(C1CCC(Nc2ncc3nc(Nc4c(F)cc(F)cc4F)n([C@@H]4CCOC4)c3n2)CC1)N1CCC(O)CC1. The van der Waals surface area contributed by atoms with Crippen LogP contribution in [0.2, 0.25) is 0 Å². The Bertz CT molecular complexity index is 1360. The number of benzene rings is 1. The first-order chi connectivity index (χ1) is 19.4. The van der Waals surface area contributed by atoms with E-state index >= 15 is 0 Å². The molecule has 2 aliphatic heterocycles. The van der Waals surface area contributed by atoms with Gasteiger partial charge in [-0.2, -0.15) is 4.98 Å². The number of amides is 1. The van der Waals surface area contributed by atoms with Crippen LogP contribution >= 0.6 is 0 Å². The van der Waals surface area contributed by atoms with E-state index in [1.54, 1.807) is 10.8 Å². The van der Waals surface area contributed by atoms with E-state index in [9.17, 15) is 23.1 Å². The highest BCUT2D eigenvalue weighted by Gasteiger charge is 2.32. The fourth-order valence-corrected chi connectivity index (χ4v) is 5.91. The number of aliphatic hydroxyl groups excluding tert-OH is 1. The molecule has 0 radical (unpaired) electrons. The number of anilines is 3. The molecule has 1 aliphatic carbocycles. The van der Waals surface area contributed by atoms with Crippen LogP contribution in [-0.2, 0) is 9.53 Å². The zero-order valence-corrected chi connectivity index (χ0v) is 22.0. The molecule has 2 aromatic heterocycles. The fraction of sp³-hybridized carbons (Fsp3) is 0.556. The molecule has 1 saturated carbocycles. The Kier molecular flexibility index (Phi) is 7.49. The number of aromatic nitrogens is 4. The average molecular weight is 560 g/mol. The summed E-state index contributed by atoms with van der Waals surface area (Å²) in [4.78, 5) is 28.4. The predicted octanol–water partition coefficient (Wildman–Crippen LogP) is 3.90. The number of piperidine rings is 1. The first kappa shape index (κ1) is 26.8. The van der Waals surface area contributed by atoms with Gasteiger partial charge in [0.25, 0.3) is 0 Å². The molecule has 1 aromatic carbocycles. The first-order valence-electron chi connectivity index (χ1n) is 13.8. The van der Waals surface area contributed by atoms with Crippen LogP contribution in [0.1, 0.15) is 51.0 Å². The maximum absolute atomic E-state index is 14.4. The number of halogens is 3. The summed E-state index contributed by atoms with van der Waals surface area (Å²) in [6.07, 6.45) is 6.29. The average Bonchev–Trinajstić information content (AvgIpc) is 3.58. The molecule has 3 aromatic rings. The minimum absolute atomic E-state index is 0.0126. The number of nitrogens with zero attached hydrogens (tertiary/aromatic N) is 5. The Labute approximate surface area is 228 Å². The second-order valence-corrected chi connectivity index (χ2v) is 10.8. The summed E-state index contributed by atoms with van der Waals surface area (Å²) in [6, 6.07) is 1.14. The third-order valence-electron chi connectivity index (χ3n) is 8.13. The number of nitrogens with one attached hydrogen (secondary N) is 2. The summed E-state index contributed by atoms with van der Waals surface area (Å²) < 4.78 is 49.6. The number of aliphatic hydroxyl groups is 1. The molecule has 1 atom stereocenters. The van der Waals surface area contributed by atoms with Crippen LogP contribution in [0.3, 0.4) is 0 Å². The van der Waals surface area contributed by atoms with Gasteiger partial charge in [0.15, 0.2) is 17.3 Å². The van der Waals surface area contributed by atoms with Gasteiger partial charge in [-0.25, -0.2) is 23.1 Å². The first-order valence-corrected chi connectivity index (χ1v) is 13.8. The van der Waals surface area contributed by atoms with Crippen molar-refractivity contribution in [2.24, 2.45) is 5.92 Å². The van der Waals surface area contributed by atoms with E-state index in [0.29, 0.717) is 74.8 Å². The summed E-state index contributed by atoms with van der Waals surface area (Å²) in [5.41, 5.74) is 0.411. The van der Waals surface area contributed by atoms with Crippen molar-refractivity contribution in [3.8, 4) is 0 Å². The summed E-state index contributed by atoms with van der Waals surface area (Å²) in [6.45, 7) is 2.14. The Morgan fingerprint density at radius 1 is 1.00 bits per heavy atom. The monoisotopic (exact) mass is 559 g/mol. The molecule has 3 N–H and O–H groups in total. The van der Waals surface area contributed by atoms with Crippen molar-refractivity contribution in [3.05, 3.63) is 35.8 Å². The van der Waals surface area contributed by atoms with E-state index in [0.717, 1.165) is 25.7 Å². The highest BCUT2D eigenvalue weighted by atomic mass is 19.1. The maximum atomic E-state index is 14.4. The maximum Gasteiger partial charge on any atom is 0.225 e. The Balaban J connectivity index is 1.18. The lowest BCUT2D eigenvalue weighted by Crippen LogP contribution is -2.44. The summed E-state index contributed by atoms with van der Waals surface area (Å²) in [5, 5.41) is 15.8. The molecule has 10 nitrogen and oxygen atoms in total. The fourth-order valence-electron chi connectivity index (χ4n) is 5.91. The number of fused-ring (bicyclic) bond motifs is 1. The number of rotatable bonds is 6. The van der Waals surface area contributed by atoms with Crippen LogP contribution < -0.4 is 10.6 Å². The number of carbonyl (C=O) groups is 1. The van der Waals surface area contributed by atoms with Crippen molar-refractivity contribution < 1.29 is 27.8 Å². The number of imidazole rings is 1. The van der Waals surface area contributed by atoms with Crippen LogP contribution in [-0.4, -0.2) is 73.9 Å². The molecule has 3 fully saturated rings. The molecule has 40 heavy (non-hydrogen) atoms. The zero-order valence-electron chi connectivity index (χ0n) is 22.0. The van der Waals surface area contributed by atoms with Crippen LogP contribution in [0.15, 0.2) is 18.3 Å². The quantitative estimate of drug-likeness (QED) is 0.416. The minimum atomic E-state index is -1.07. The highest BCUT2D eigenvalue weighted by molar-refractivity contribution is 5.79. The van der Waals surface area contributed by atoms with Crippen molar-refractivity contribution >= 4 is 34.7 Å². The lowest BCUT2D eigenvalue weighted by molar-refractivity contribution is -0.138. The largest absolute Gasteiger partial charge is 0.393 e.